The first-order valence-electron chi connectivity index (χ1n) is 7.86. The molecule has 1 aliphatic rings. The molecule has 1 fully saturated rings. The van der Waals surface area contributed by atoms with Crippen LogP contribution >= 0.6 is 0 Å². The summed E-state index contributed by atoms with van der Waals surface area (Å²) in [4.78, 5) is 4.86. The fourth-order valence-corrected chi connectivity index (χ4v) is 3.39. The number of nitrogens with zero attached hydrogens (tertiary/aromatic N) is 2. The number of rotatable bonds is 3. The Morgan fingerprint density at radius 3 is 2.43 bits per heavy atom. The minimum atomic E-state index is 0.162. The third kappa shape index (κ3) is 3.64. The molecule has 3 N–H and O–H groups in total. The van der Waals surface area contributed by atoms with Crippen LogP contribution in [-0.4, -0.2) is 49.6 Å². The largest absolute Gasteiger partial charge is 0.305 e. The van der Waals surface area contributed by atoms with Crippen LogP contribution in [0.1, 0.15) is 34.7 Å². The van der Waals surface area contributed by atoms with E-state index in [-0.39, 0.29) is 6.04 Å². The zero-order valence-electron chi connectivity index (χ0n) is 14.1. The lowest BCUT2D eigenvalue weighted by Gasteiger charge is -2.35. The maximum absolute atomic E-state index is 5.96. The van der Waals surface area contributed by atoms with E-state index in [1.54, 1.807) is 0 Å². The maximum Gasteiger partial charge on any atom is 0.0630 e. The summed E-state index contributed by atoms with van der Waals surface area (Å²) < 4.78 is 0. The van der Waals surface area contributed by atoms with E-state index in [4.69, 9.17) is 5.84 Å². The quantitative estimate of drug-likeness (QED) is 0.657. The first-order valence-corrected chi connectivity index (χ1v) is 7.86. The molecule has 0 saturated carbocycles. The second kappa shape index (κ2) is 6.88. The number of hydrogen-bond donors (Lipinski definition) is 2. The molecule has 2 unspecified atom stereocenters. The number of nitrogens with two attached hydrogens (primary N) is 1. The maximum atomic E-state index is 5.96. The summed E-state index contributed by atoms with van der Waals surface area (Å²) in [5.41, 5.74) is 8.41. The van der Waals surface area contributed by atoms with Gasteiger partial charge < -0.3 is 9.80 Å². The van der Waals surface area contributed by atoms with Crippen molar-refractivity contribution in [1.82, 2.24) is 15.2 Å². The van der Waals surface area contributed by atoms with Gasteiger partial charge in [-0.25, -0.2) is 0 Å². The fraction of sp³-hybridized carbons (Fsp3) is 0.647. The van der Waals surface area contributed by atoms with E-state index in [9.17, 15) is 0 Å². The lowest BCUT2D eigenvalue weighted by Crippen LogP contribution is -2.49. The van der Waals surface area contributed by atoms with Crippen LogP contribution in [0, 0.1) is 20.8 Å². The van der Waals surface area contributed by atoms with Gasteiger partial charge in [-0.05, 0) is 76.6 Å². The van der Waals surface area contributed by atoms with Crippen molar-refractivity contribution in [2.45, 2.75) is 39.3 Å². The molecule has 21 heavy (non-hydrogen) atoms. The van der Waals surface area contributed by atoms with Crippen molar-refractivity contribution in [3.8, 4) is 0 Å². The molecule has 0 bridgehead atoms. The molecular weight excluding hydrogens is 260 g/mol. The standard InChI is InChI=1S/C17H30N4/c1-12-9-14(3)15(10-13(12)2)17(19-18)16-11-20(4)7-6-8-21(16)5/h9-10,16-17,19H,6-8,11,18H2,1-5H3. The summed E-state index contributed by atoms with van der Waals surface area (Å²) in [6.07, 6.45) is 1.21. The molecule has 0 amide bonds. The Kier molecular flexibility index (Phi) is 5.38. The van der Waals surface area contributed by atoms with Gasteiger partial charge in [-0.3, -0.25) is 11.3 Å². The molecule has 1 saturated heterocycles. The van der Waals surface area contributed by atoms with E-state index in [1.807, 2.05) is 0 Å². The molecule has 1 aromatic rings. The van der Waals surface area contributed by atoms with E-state index in [0.29, 0.717) is 6.04 Å². The van der Waals surface area contributed by atoms with Crippen molar-refractivity contribution >= 4 is 0 Å². The Hall–Kier alpha value is -0.940. The zero-order valence-corrected chi connectivity index (χ0v) is 14.1. The first kappa shape index (κ1) is 16.4. The third-order valence-electron chi connectivity index (χ3n) is 4.90. The van der Waals surface area contributed by atoms with Gasteiger partial charge in [0.05, 0.1) is 6.04 Å². The Morgan fingerprint density at radius 2 is 1.76 bits per heavy atom. The predicted octanol–water partition coefficient (Wildman–Crippen LogP) is 1.75. The molecular formula is C17H30N4. The fourth-order valence-electron chi connectivity index (χ4n) is 3.39. The van der Waals surface area contributed by atoms with E-state index in [1.165, 1.54) is 28.7 Å². The molecule has 4 nitrogen and oxygen atoms in total. The van der Waals surface area contributed by atoms with Crippen LogP contribution in [-0.2, 0) is 0 Å². The molecule has 0 spiro atoms. The summed E-state index contributed by atoms with van der Waals surface area (Å²) >= 11 is 0. The normalized spacial score (nSPS) is 23.0. The monoisotopic (exact) mass is 290 g/mol. The minimum Gasteiger partial charge on any atom is -0.305 e. The number of hydrazine groups is 1. The van der Waals surface area contributed by atoms with Crippen molar-refractivity contribution in [3.63, 3.8) is 0 Å². The van der Waals surface area contributed by atoms with Crippen LogP contribution in [0.2, 0.25) is 0 Å². The molecule has 1 aromatic carbocycles. The Morgan fingerprint density at radius 1 is 1.10 bits per heavy atom. The van der Waals surface area contributed by atoms with Gasteiger partial charge in [0.25, 0.3) is 0 Å². The second-order valence-electron chi connectivity index (χ2n) is 6.60. The predicted molar refractivity (Wildman–Crippen MR) is 89.2 cm³/mol. The van der Waals surface area contributed by atoms with E-state index >= 15 is 0 Å². The van der Waals surface area contributed by atoms with Gasteiger partial charge in [-0.1, -0.05) is 12.1 Å². The summed E-state index contributed by atoms with van der Waals surface area (Å²) in [5, 5.41) is 0. The summed E-state index contributed by atoms with van der Waals surface area (Å²) in [6, 6.07) is 5.13. The third-order valence-corrected chi connectivity index (χ3v) is 4.90. The highest BCUT2D eigenvalue weighted by Crippen LogP contribution is 2.27. The smallest absolute Gasteiger partial charge is 0.0630 e. The van der Waals surface area contributed by atoms with E-state index in [2.05, 4.69) is 62.2 Å². The molecule has 1 aliphatic heterocycles. The highest BCUT2D eigenvalue weighted by molar-refractivity contribution is 5.39. The lowest BCUT2D eigenvalue weighted by molar-refractivity contribution is 0.178. The van der Waals surface area contributed by atoms with Gasteiger partial charge >= 0.3 is 0 Å². The highest BCUT2D eigenvalue weighted by Gasteiger charge is 2.30. The minimum absolute atomic E-state index is 0.162. The van der Waals surface area contributed by atoms with Crippen LogP contribution < -0.4 is 11.3 Å². The van der Waals surface area contributed by atoms with Gasteiger partial charge in [0.1, 0.15) is 0 Å². The van der Waals surface area contributed by atoms with Gasteiger partial charge in [-0.15, -0.1) is 0 Å². The SMILES string of the molecule is Cc1cc(C)c(C(NN)C2CN(C)CCCN2C)cc1C. The van der Waals surface area contributed by atoms with Crippen LogP contribution in [0.3, 0.4) is 0 Å². The first-order chi connectivity index (χ1) is 9.93. The molecule has 1 heterocycles. The number of aryl methyl sites for hydroxylation is 3. The van der Waals surface area contributed by atoms with Crippen LogP contribution in [0.5, 0.6) is 0 Å². The lowest BCUT2D eigenvalue weighted by atomic mass is 9.91. The van der Waals surface area contributed by atoms with Gasteiger partial charge in [0, 0.05) is 12.6 Å². The van der Waals surface area contributed by atoms with Crippen molar-refractivity contribution in [2.75, 3.05) is 33.7 Å². The van der Waals surface area contributed by atoms with Crippen molar-refractivity contribution in [1.29, 1.82) is 0 Å². The molecule has 2 rings (SSSR count). The topological polar surface area (TPSA) is 44.5 Å². The average Bonchev–Trinajstić information content (AvgIpc) is 2.59. The van der Waals surface area contributed by atoms with Gasteiger partial charge in [0.2, 0.25) is 0 Å². The molecule has 2 atom stereocenters. The second-order valence-corrected chi connectivity index (χ2v) is 6.60. The number of benzene rings is 1. The van der Waals surface area contributed by atoms with Gasteiger partial charge in [-0.2, -0.15) is 0 Å². The van der Waals surface area contributed by atoms with Crippen molar-refractivity contribution in [2.24, 2.45) is 5.84 Å². The number of likely N-dealkylation sites (N-methyl/N-ethyl adjacent to an activating group) is 2. The van der Waals surface area contributed by atoms with E-state index < -0.39 is 0 Å². The molecule has 0 radical (unpaired) electrons. The van der Waals surface area contributed by atoms with Crippen LogP contribution in [0.15, 0.2) is 12.1 Å². The Labute approximate surface area is 129 Å². The summed E-state index contributed by atoms with van der Waals surface area (Å²) in [7, 11) is 4.41. The zero-order chi connectivity index (χ0) is 15.6. The number of hydrogen-bond acceptors (Lipinski definition) is 4. The van der Waals surface area contributed by atoms with Crippen LogP contribution in [0.4, 0.5) is 0 Å². The molecule has 0 aliphatic carbocycles. The molecule has 118 valence electrons. The summed E-state index contributed by atoms with van der Waals surface area (Å²) in [5.74, 6) is 5.96. The molecule has 4 heteroatoms. The molecule has 0 aromatic heterocycles. The van der Waals surface area contributed by atoms with E-state index in [0.717, 1.165) is 19.6 Å². The Bertz CT molecular complexity index is 486. The average molecular weight is 290 g/mol. The summed E-state index contributed by atoms with van der Waals surface area (Å²) in [6.45, 7) is 9.85. The van der Waals surface area contributed by atoms with Crippen molar-refractivity contribution in [3.05, 3.63) is 34.4 Å². The van der Waals surface area contributed by atoms with Crippen molar-refractivity contribution < 1.29 is 0 Å². The van der Waals surface area contributed by atoms with Crippen LogP contribution in [0.25, 0.3) is 0 Å². The highest BCUT2D eigenvalue weighted by atomic mass is 15.3. The number of nitrogens with one attached hydrogen (secondary N) is 1. The van der Waals surface area contributed by atoms with Gasteiger partial charge in [0.15, 0.2) is 0 Å². The Balaban J connectivity index is 2.35.